The minimum absolute atomic E-state index is 0.0214. The molecule has 0 radical (unpaired) electrons. The van der Waals surface area contributed by atoms with Crippen LogP contribution in [0.25, 0.3) is 22.3 Å². The Labute approximate surface area is 295 Å². The number of nitrogens with zero attached hydrogens (tertiary/aromatic N) is 7. The lowest BCUT2D eigenvalue weighted by Gasteiger charge is -2.33. The van der Waals surface area contributed by atoms with Crippen LogP contribution in [-0.4, -0.2) is 96.3 Å². The monoisotopic (exact) mass is 701 g/mol. The summed E-state index contributed by atoms with van der Waals surface area (Å²) in [6, 6.07) is 11.6. The third-order valence-electron chi connectivity index (χ3n) is 8.73. The largest absolute Gasteiger partial charge is 0.444 e. The van der Waals surface area contributed by atoms with E-state index in [1.54, 1.807) is 18.7 Å². The van der Waals surface area contributed by atoms with Gasteiger partial charge in [-0.25, -0.2) is 24.7 Å². The van der Waals surface area contributed by atoms with Crippen molar-refractivity contribution in [2.24, 2.45) is 0 Å². The van der Waals surface area contributed by atoms with Crippen molar-refractivity contribution in [3.05, 3.63) is 49.1 Å². The first-order valence-corrected chi connectivity index (χ1v) is 21.3. The van der Waals surface area contributed by atoms with Gasteiger partial charge in [0.2, 0.25) is 5.95 Å². The van der Waals surface area contributed by atoms with Crippen LogP contribution in [0.1, 0.15) is 33.6 Å². The van der Waals surface area contributed by atoms with Gasteiger partial charge in [0, 0.05) is 52.6 Å². The molecule has 14 heteroatoms. The Morgan fingerprint density at radius 1 is 0.980 bits per heavy atom. The minimum Gasteiger partial charge on any atom is -0.444 e. The van der Waals surface area contributed by atoms with E-state index in [1.165, 1.54) is 0 Å². The number of alkyl carbamates (subject to hydrolysis) is 1. The molecule has 1 amide bonds. The van der Waals surface area contributed by atoms with E-state index in [0.717, 1.165) is 84.6 Å². The second-order valence-electron chi connectivity index (χ2n) is 15.2. The van der Waals surface area contributed by atoms with E-state index in [-0.39, 0.29) is 6.04 Å². The van der Waals surface area contributed by atoms with Gasteiger partial charge in [-0.05, 0) is 63.4 Å². The van der Waals surface area contributed by atoms with Gasteiger partial charge >= 0.3 is 6.09 Å². The maximum absolute atomic E-state index is 12.3. The predicted molar refractivity (Wildman–Crippen MR) is 200 cm³/mol. The third-order valence-corrected chi connectivity index (χ3v) is 10.4. The van der Waals surface area contributed by atoms with Crippen LogP contribution in [-0.2, 0) is 20.9 Å². The zero-order chi connectivity index (χ0) is 35.3. The Bertz CT molecular complexity index is 1730. The number of ether oxygens (including phenoxy) is 3. The predicted octanol–water partition coefficient (Wildman–Crippen LogP) is 6.27. The van der Waals surface area contributed by atoms with Crippen molar-refractivity contribution in [3.8, 4) is 11.3 Å². The summed E-state index contributed by atoms with van der Waals surface area (Å²) in [6.45, 7) is 18.3. The van der Waals surface area contributed by atoms with Gasteiger partial charge in [-0.2, -0.15) is 0 Å². The summed E-state index contributed by atoms with van der Waals surface area (Å²) in [5.41, 5.74) is 4.13. The Balaban J connectivity index is 1.15. The molecule has 1 aromatic carbocycles. The highest BCUT2D eigenvalue weighted by Crippen LogP contribution is 2.33. The highest BCUT2D eigenvalue weighted by molar-refractivity contribution is 6.76. The summed E-state index contributed by atoms with van der Waals surface area (Å²) < 4.78 is 19.5. The summed E-state index contributed by atoms with van der Waals surface area (Å²) in [4.78, 5) is 35.4. The van der Waals surface area contributed by atoms with E-state index >= 15 is 0 Å². The molecular formula is C36H51N9O4Si. The molecule has 2 fully saturated rings. The van der Waals surface area contributed by atoms with Crippen molar-refractivity contribution in [2.45, 2.75) is 77.7 Å². The summed E-state index contributed by atoms with van der Waals surface area (Å²) in [7, 11) is -1.22. The van der Waals surface area contributed by atoms with E-state index in [0.29, 0.717) is 32.4 Å². The second kappa shape index (κ2) is 15.3. The van der Waals surface area contributed by atoms with Gasteiger partial charge in [0.05, 0.1) is 42.4 Å². The first-order chi connectivity index (χ1) is 23.9. The third kappa shape index (κ3) is 9.28. The molecule has 13 nitrogen and oxygen atoms in total. The van der Waals surface area contributed by atoms with Crippen LogP contribution in [0.2, 0.25) is 25.7 Å². The number of morpholine rings is 1. The zero-order valence-electron chi connectivity index (χ0n) is 30.2. The molecule has 50 heavy (non-hydrogen) atoms. The first kappa shape index (κ1) is 35.5. The number of hydrogen-bond donors (Lipinski definition) is 2. The number of rotatable bonds is 11. The van der Waals surface area contributed by atoms with E-state index in [1.807, 2.05) is 20.8 Å². The number of benzene rings is 1. The van der Waals surface area contributed by atoms with Gasteiger partial charge in [-0.15, -0.1) is 0 Å². The summed E-state index contributed by atoms with van der Waals surface area (Å²) in [5.74, 6) is 1.57. The summed E-state index contributed by atoms with van der Waals surface area (Å²) >= 11 is 0. The number of fused-ring (bicyclic) bond motifs is 1. The van der Waals surface area contributed by atoms with Crippen LogP contribution >= 0.6 is 0 Å². The molecule has 2 saturated heterocycles. The number of amides is 1. The molecule has 5 heterocycles. The van der Waals surface area contributed by atoms with Crippen molar-refractivity contribution in [2.75, 3.05) is 61.1 Å². The number of piperidine rings is 1. The molecule has 2 N–H and O–H groups in total. The van der Waals surface area contributed by atoms with E-state index in [9.17, 15) is 4.79 Å². The molecule has 2 aliphatic heterocycles. The van der Waals surface area contributed by atoms with Gasteiger partial charge in [0.1, 0.15) is 30.1 Å². The molecular weight excluding hydrogens is 651 g/mol. The van der Waals surface area contributed by atoms with Crippen molar-refractivity contribution in [1.29, 1.82) is 0 Å². The smallest absolute Gasteiger partial charge is 0.407 e. The van der Waals surface area contributed by atoms with Crippen LogP contribution in [0.15, 0.2) is 49.1 Å². The fraction of sp³-hybridized carbons (Fsp3) is 0.528. The second-order valence-corrected chi connectivity index (χ2v) is 20.9. The molecule has 0 spiro atoms. The minimum atomic E-state index is -1.22. The van der Waals surface area contributed by atoms with E-state index < -0.39 is 19.8 Å². The van der Waals surface area contributed by atoms with Gasteiger partial charge in [-0.1, -0.05) is 31.8 Å². The number of carbonyl (C=O) groups excluding carboxylic acids is 1. The summed E-state index contributed by atoms with van der Waals surface area (Å²) in [5, 5.41) is 7.44. The lowest BCUT2D eigenvalue weighted by Crippen LogP contribution is -2.49. The molecule has 0 bridgehead atoms. The van der Waals surface area contributed by atoms with Crippen LogP contribution < -0.4 is 20.4 Å². The Kier molecular flexibility index (Phi) is 10.9. The number of anilines is 4. The van der Waals surface area contributed by atoms with Crippen LogP contribution in [0.5, 0.6) is 0 Å². The van der Waals surface area contributed by atoms with Gasteiger partial charge in [0.15, 0.2) is 0 Å². The molecule has 2 aliphatic rings. The molecule has 0 saturated carbocycles. The Morgan fingerprint density at radius 3 is 2.42 bits per heavy atom. The van der Waals surface area contributed by atoms with Crippen molar-refractivity contribution < 1.29 is 19.0 Å². The molecule has 3 aromatic heterocycles. The lowest BCUT2D eigenvalue weighted by molar-refractivity contribution is 0.0499. The number of carbonyl (C=O) groups is 1. The molecule has 1 atom stereocenters. The number of aromatic nitrogens is 5. The van der Waals surface area contributed by atoms with Gasteiger partial charge in [0.25, 0.3) is 0 Å². The average Bonchev–Trinajstić information content (AvgIpc) is 3.45. The summed E-state index contributed by atoms with van der Waals surface area (Å²) in [6.07, 6.45) is 6.67. The zero-order valence-corrected chi connectivity index (χ0v) is 31.2. The van der Waals surface area contributed by atoms with Crippen molar-refractivity contribution >= 4 is 48.3 Å². The first-order valence-electron chi connectivity index (χ1n) is 17.6. The Morgan fingerprint density at radius 2 is 1.72 bits per heavy atom. The van der Waals surface area contributed by atoms with E-state index in [4.69, 9.17) is 24.2 Å². The van der Waals surface area contributed by atoms with Gasteiger partial charge in [-0.3, -0.25) is 0 Å². The molecule has 268 valence electrons. The Hall–Kier alpha value is -4.27. The normalized spacial score (nSPS) is 17.2. The van der Waals surface area contributed by atoms with E-state index in [2.05, 4.69) is 84.9 Å². The quantitative estimate of drug-likeness (QED) is 0.135. The maximum Gasteiger partial charge on any atom is 0.407 e. The number of nitrogens with one attached hydrogen (secondary N) is 2. The topological polar surface area (TPSA) is 132 Å². The van der Waals surface area contributed by atoms with Crippen LogP contribution in [0.3, 0.4) is 0 Å². The SMILES string of the molecule is CC(C)(C)OC(=O)N[C@@H]1CCCN(c2ncc(Nc3ccc(-c4cc5c(N6CCOCC6)ncnc5n4COCC[Si](C)(C)C)cc3)cn2)C1. The highest BCUT2D eigenvalue weighted by Gasteiger charge is 2.26. The number of hydrogen-bond acceptors (Lipinski definition) is 11. The molecule has 0 aliphatic carbocycles. The molecule has 4 aromatic rings. The highest BCUT2D eigenvalue weighted by atomic mass is 28.3. The van der Waals surface area contributed by atoms with Gasteiger partial charge < -0.3 is 39.2 Å². The maximum atomic E-state index is 12.3. The average molecular weight is 702 g/mol. The fourth-order valence-electron chi connectivity index (χ4n) is 6.17. The van der Waals surface area contributed by atoms with Crippen molar-refractivity contribution in [3.63, 3.8) is 0 Å². The fourth-order valence-corrected chi connectivity index (χ4v) is 6.93. The standard InChI is InChI=1S/C36H51N9O4Si/c1-36(2,3)49-35(46)42-28-8-7-13-44(23-28)34-37-21-29(22-38-34)41-27-11-9-26(10-12-27)31-20-30-32(43-14-16-47-17-15-43)39-24-40-33(30)45(31)25-48-18-19-50(4,5)6/h9-12,20-22,24,28,41H,7-8,13-19,23,25H2,1-6H3,(H,42,46)/t28-/m1/s1. The van der Waals surface area contributed by atoms with Crippen LogP contribution in [0.4, 0.5) is 27.9 Å². The molecule has 0 unspecified atom stereocenters. The lowest BCUT2D eigenvalue weighted by atomic mass is 10.1. The van der Waals surface area contributed by atoms with Crippen molar-refractivity contribution in [1.82, 2.24) is 29.8 Å². The van der Waals surface area contributed by atoms with Crippen LogP contribution in [0, 0.1) is 0 Å². The molecule has 6 rings (SSSR count).